The molecule has 0 amide bonds. The first-order valence-electron chi connectivity index (χ1n) is 15.9. The zero-order chi connectivity index (χ0) is 32.2. The largest absolute Gasteiger partial charge is 0.309 e. The fourth-order valence-corrected chi connectivity index (χ4v) is 7.25. The quantitative estimate of drug-likeness (QED) is 0.199. The smallest absolute Gasteiger partial charge is 0.0998 e. The third-order valence-electron chi connectivity index (χ3n) is 9.42. The summed E-state index contributed by atoms with van der Waals surface area (Å²) in [7, 11) is 0. The van der Waals surface area contributed by atoms with E-state index >= 15 is 0 Å². The number of nitriles is 2. The number of benzene rings is 7. The number of hydrogen-bond acceptors (Lipinski definition) is 2. The van der Waals surface area contributed by atoms with Crippen molar-refractivity contribution < 1.29 is 0 Å². The Bertz CT molecular complexity index is 2690. The van der Waals surface area contributed by atoms with E-state index in [-0.39, 0.29) is 0 Å². The van der Waals surface area contributed by atoms with E-state index in [0.717, 1.165) is 66.5 Å². The maximum absolute atomic E-state index is 10.2. The van der Waals surface area contributed by atoms with Gasteiger partial charge in [0.2, 0.25) is 0 Å². The highest BCUT2D eigenvalue weighted by atomic mass is 15.0. The Morgan fingerprint density at radius 3 is 1.42 bits per heavy atom. The maximum Gasteiger partial charge on any atom is 0.0998 e. The molecule has 222 valence electrons. The van der Waals surface area contributed by atoms with Crippen molar-refractivity contribution in [3.63, 3.8) is 0 Å². The van der Waals surface area contributed by atoms with Crippen molar-refractivity contribution in [1.29, 1.82) is 10.5 Å². The van der Waals surface area contributed by atoms with Crippen molar-refractivity contribution in [1.82, 2.24) is 9.13 Å². The Morgan fingerprint density at radius 2 is 0.896 bits per heavy atom. The lowest BCUT2D eigenvalue weighted by atomic mass is 9.93. The fraction of sp³-hybridized carbons (Fsp3) is 0. The molecule has 0 radical (unpaired) electrons. The first-order chi connectivity index (χ1) is 23.7. The number of hydrogen-bond donors (Lipinski definition) is 0. The van der Waals surface area contributed by atoms with Crippen molar-refractivity contribution in [3.05, 3.63) is 169 Å². The molecule has 4 nitrogen and oxygen atoms in total. The minimum absolute atomic E-state index is 0.588. The SMILES string of the molecule is N#Cc1ccc(-c2ccc(C#N)c(-c3ccc(-n4c5ccccc5c5ccccc54)cc3)c2)c(-n2c3ccccc3c3ccccc32)c1. The molecule has 2 aromatic heterocycles. The molecule has 0 unspecified atom stereocenters. The van der Waals surface area contributed by atoms with Gasteiger partial charge in [-0.2, -0.15) is 10.5 Å². The molecule has 9 rings (SSSR count). The number of rotatable bonds is 4. The van der Waals surface area contributed by atoms with Crippen LogP contribution in [0.4, 0.5) is 0 Å². The van der Waals surface area contributed by atoms with Crippen molar-refractivity contribution >= 4 is 43.6 Å². The molecule has 7 aromatic carbocycles. The molecular weight excluding hydrogens is 585 g/mol. The second kappa shape index (κ2) is 10.9. The molecule has 0 spiro atoms. The van der Waals surface area contributed by atoms with Gasteiger partial charge >= 0.3 is 0 Å². The highest BCUT2D eigenvalue weighted by molar-refractivity contribution is 6.10. The summed E-state index contributed by atoms with van der Waals surface area (Å²) in [6.07, 6.45) is 0. The van der Waals surface area contributed by atoms with E-state index in [1.165, 1.54) is 10.8 Å². The maximum atomic E-state index is 10.2. The third kappa shape index (κ3) is 4.14. The van der Waals surface area contributed by atoms with Crippen molar-refractivity contribution in [2.75, 3.05) is 0 Å². The van der Waals surface area contributed by atoms with Gasteiger partial charge in [-0.05, 0) is 71.8 Å². The molecular formula is C44H26N4. The molecule has 2 heterocycles. The van der Waals surface area contributed by atoms with E-state index in [9.17, 15) is 10.5 Å². The Balaban J connectivity index is 1.21. The van der Waals surface area contributed by atoms with Crippen LogP contribution in [0.2, 0.25) is 0 Å². The number of nitrogens with zero attached hydrogens (tertiary/aromatic N) is 4. The summed E-state index contributed by atoms with van der Waals surface area (Å²) in [5.74, 6) is 0. The van der Waals surface area contributed by atoms with Crippen LogP contribution in [0.5, 0.6) is 0 Å². The van der Waals surface area contributed by atoms with Crippen LogP contribution in [-0.2, 0) is 0 Å². The summed E-state index contributed by atoms with van der Waals surface area (Å²) in [4.78, 5) is 0. The lowest BCUT2D eigenvalue weighted by Gasteiger charge is -2.16. The molecule has 0 saturated heterocycles. The van der Waals surface area contributed by atoms with Crippen LogP contribution in [-0.4, -0.2) is 9.13 Å². The summed E-state index contributed by atoms with van der Waals surface area (Å²) in [5, 5.41) is 24.9. The molecule has 0 fully saturated rings. The molecule has 0 aliphatic carbocycles. The second-order valence-electron chi connectivity index (χ2n) is 12.0. The molecule has 0 aliphatic rings. The highest BCUT2D eigenvalue weighted by Crippen LogP contribution is 2.39. The standard InChI is InChI=1S/C44H26N4/c45-27-29-17-24-34(44(25-29)48-42-15-7-3-11-37(42)38-12-4-8-16-43(38)48)31-18-19-32(28-46)39(26-31)30-20-22-33(23-21-30)47-40-13-5-1-9-35(40)36-10-2-6-14-41(36)47/h1-26H. The van der Waals surface area contributed by atoms with Crippen LogP contribution in [0, 0.1) is 22.7 Å². The Labute approximate surface area is 277 Å². The molecule has 0 N–H and O–H groups in total. The molecule has 0 bridgehead atoms. The molecule has 9 aromatic rings. The Hall–Kier alpha value is -6.88. The predicted molar refractivity (Wildman–Crippen MR) is 195 cm³/mol. The summed E-state index contributed by atoms with van der Waals surface area (Å²) in [5.41, 5.74) is 11.4. The minimum atomic E-state index is 0.588. The van der Waals surface area contributed by atoms with Crippen LogP contribution in [0.3, 0.4) is 0 Å². The van der Waals surface area contributed by atoms with Crippen LogP contribution < -0.4 is 0 Å². The van der Waals surface area contributed by atoms with E-state index < -0.39 is 0 Å². The van der Waals surface area contributed by atoms with Crippen LogP contribution in [0.15, 0.2) is 158 Å². The van der Waals surface area contributed by atoms with Gasteiger partial charge in [0.05, 0.1) is 51.0 Å². The van der Waals surface area contributed by atoms with Gasteiger partial charge in [-0.25, -0.2) is 0 Å². The average Bonchev–Trinajstić information content (AvgIpc) is 3.67. The monoisotopic (exact) mass is 610 g/mol. The Morgan fingerprint density at radius 1 is 0.396 bits per heavy atom. The number of fused-ring (bicyclic) bond motifs is 6. The lowest BCUT2D eigenvalue weighted by molar-refractivity contribution is 1.18. The highest BCUT2D eigenvalue weighted by Gasteiger charge is 2.18. The van der Waals surface area contributed by atoms with E-state index in [4.69, 9.17) is 0 Å². The topological polar surface area (TPSA) is 57.4 Å². The van der Waals surface area contributed by atoms with E-state index in [2.05, 4.69) is 137 Å². The zero-order valence-electron chi connectivity index (χ0n) is 25.8. The van der Waals surface area contributed by atoms with E-state index in [0.29, 0.717) is 11.1 Å². The van der Waals surface area contributed by atoms with Crippen molar-refractivity contribution in [3.8, 4) is 45.8 Å². The second-order valence-corrected chi connectivity index (χ2v) is 12.0. The molecule has 4 heteroatoms. The molecule has 0 aliphatic heterocycles. The number of aromatic nitrogens is 2. The first-order valence-corrected chi connectivity index (χ1v) is 15.9. The fourth-order valence-electron chi connectivity index (χ4n) is 7.25. The van der Waals surface area contributed by atoms with Crippen LogP contribution in [0.25, 0.3) is 77.2 Å². The van der Waals surface area contributed by atoms with Gasteiger partial charge in [-0.1, -0.05) is 97.1 Å². The van der Waals surface area contributed by atoms with Gasteiger partial charge in [-0.3, -0.25) is 0 Å². The predicted octanol–water partition coefficient (Wildman–Crippen LogP) is 11.0. The summed E-state index contributed by atoms with van der Waals surface area (Å²) >= 11 is 0. The zero-order valence-corrected chi connectivity index (χ0v) is 25.8. The molecule has 48 heavy (non-hydrogen) atoms. The van der Waals surface area contributed by atoms with Gasteiger partial charge in [0, 0.05) is 38.4 Å². The minimum Gasteiger partial charge on any atom is -0.309 e. The lowest BCUT2D eigenvalue weighted by Crippen LogP contribution is -1.99. The van der Waals surface area contributed by atoms with Gasteiger partial charge in [0.1, 0.15) is 0 Å². The summed E-state index contributed by atoms with van der Waals surface area (Å²) in [6.45, 7) is 0. The van der Waals surface area contributed by atoms with Crippen LogP contribution >= 0.6 is 0 Å². The Kier molecular flexibility index (Phi) is 6.22. The van der Waals surface area contributed by atoms with Crippen LogP contribution in [0.1, 0.15) is 11.1 Å². The first kappa shape index (κ1) is 27.4. The van der Waals surface area contributed by atoms with Crippen molar-refractivity contribution in [2.24, 2.45) is 0 Å². The summed E-state index contributed by atoms with van der Waals surface area (Å²) < 4.78 is 4.55. The van der Waals surface area contributed by atoms with Crippen molar-refractivity contribution in [2.45, 2.75) is 0 Å². The molecule has 0 atom stereocenters. The van der Waals surface area contributed by atoms with E-state index in [1.807, 2.05) is 42.5 Å². The van der Waals surface area contributed by atoms with Gasteiger partial charge < -0.3 is 9.13 Å². The van der Waals surface area contributed by atoms with E-state index in [1.54, 1.807) is 0 Å². The van der Waals surface area contributed by atoms with Gasteiger partial charge in [0.25, 0.3) is 0 Å². The normalized spacial score (nSPS) is 11.3. The molecule has 0 saturated carbocycles. The van der Waals surface area contributed by atoms with Gasteiger partial charge in [-0.15, -0.1) is 0 Å². The third-order valence-corrected chi connectivity index (χ3v) is 9.42. The number of para-hydroxylation sites is 4. The average molecular weight is 611 g/mol. The summed E-state index contributed by atoms with van der Waals surface area (Å²) in [6, 6.07) is 58.8. The van der Waals surface area contributed by atoms with Gasteiger partial charge in [0.15, 0.2) is 0 Å².